The number of nitrogens with one attached hydrogen (secondary N) is 1. The van der Waals surface area contributed by atoms with E-state index >= 15 is 0 Å². The van der Waals surface area contributed by atoms with Crippen molar-refractivity contribution in [2.24, 2.45) is 0 Å². The molecule has 3 rings (SSSR count). The third-order valence-corrected chi connectivity index (χ3v) is 4.45. The quantitative estimate of drug-likeness (QED) is 0.714. The Labute approximate surface area is 155 Å². The molecule has 0 spiro atoms. The van der Waals surface area contributed by atoms with Gasteiger partial charge in [0.25, 0.3) is 5.91 Å². The molecule has 6 nitrogen and oxygen atoms in total. The summed E-state index contributed by atoms with van der Waals surface area (Å²) >= 11 is 1.28. The molecular formula is C19H19N3O3S. The molecule has 1 heterocycles. The summed E-state index contributed by atoms with van der Waals surface area (Å²) < 4.78 is 10.9. The van der Waals surface area contributed by atoms with Crippen LogP contribution in [-0.4, -0.2) is 29.8 Å². The lowest BCUT2D eigenvalue weighted by atomic mass is 10.1. The molecule has 26 heavy (non-hydrogen) atoms. The van der Waals surface area contributed by atoms with E-state index in [4.69, 9.17) is 9.47 Å². The number of benzene rings is 2. The van der Waals surface area contributed by atoms with E-state index in [0.717, 1.165) is 16.7 Å². The fourth-order valence-electron chi connectivity index (χ4n) is 2.52. The Balaban J connectivity index is 1.62. The van der Waals surface area contributed by atoms with Gasteiger partial charge in [-0.2, -0.15) is 0 Å². The van der Waals surface area contributed by atoms with E-state index in [2.05, 4.69) is 15.5 Å². The van der Waals surface area contributed by atoms with Gasteiger partial charge in [0.15, 0.2) is 11.6 Å². The minimum atomic E-state index is -0.285. The van der Waals surface area contributed by atoms with Crippen molar-refractivity contribution in [2.75, 3.05) is 19.0 Å². The Kier molecular flexibility index (Phi) is 5.48. The average molecular weight is 369 g/mol. The van der Waals surface area contributed by atoms with E-state index in [9.17, 15) is 4.79 Å². The second-order valence-corrected chi connectivity index (χ2v) is 6.75. The zero-order chi connectivity index (χ0) is 18.5. The topological polar surface area (TPSA) is 73.3 Å². The third-order valence-electron chi connectivity index (χ3n) is 3.57. The van der Waals surface area contributed by atoms with Gasteiger partial charge < -0.3 is 9.47 Å². The van der Waals surface area contributed by atoms with Crippen LogP contribution in [0.5, 0.6) is 11.5 Å². The van der Waals surface area contributed by atoms with E-state index < -0.39 is 0 Å². The molecule has 7 heteroatoms. The highest BCUT2D eigenvalue weighted by molar-refractivity contribution is 7.18. The van der Waals surface area contributed by atoms with E-state index in [0.29, 0.717) is 21.6 Å². The molecule has 134 valence electrons. The van der Waals surface area contributed by atoms with Crippen molar-refractivity contribution < 1.29 is 14.3 Å². The number of nitrogens with zero attached hydrogens (tertiary/aromatic N) is 2. The van der Waals surface area contributed by atoms with E-state index in [-0.39, 0.29) is 12.5 Å². The van der Waals surface area contributed by atoms with Crippen molar-refractivity contribution in [1.29, 1.82) is 0 Å². The Morgan fingerprint density at radius 1 is 1.12 bits per heavy atom. The summed E-state index contributed by atoms with van der Waals surface area (Å²) in [5, 5.41) is 11.9. The molecule has 1 N–H and O–H groups in total. The number of para-hydroxylation sites is 1. The van der Waals surface area contributed by atoms with Crippen LogP contribution in [0.15, 0.2) is 42.5 Å². The first-order valence-corrected chi connectivity index (χ1v) is 8.84. The molecule has 2 aromatic carbocycles. The van der Waals surface area contributed by atoms with E-state index in [1.165, 1.54) is 11.3 Å². The predicted molar refractivity (Wildman–Crippen MR) is 102 cm³/mol. The highest BCUT2D eigenvalue weighted by Gasteiger charge is 2.13. The first-order chi connectivity index (χ1) is 12.5. The number of aromatic nitrogens is 2. The van der Waals surface area contributed by atoms with E-state index in [1.807, 2.05) is 56.3 Å². The normalized spacial score (nSPS) is 10.4. The van der Waals surface area contributed by atoms with Gasteiger partial charge in [0, 0.05) is 0 Å². The fourth-order valence-corrected chi connectivity index (χ4v) is 3.31. The number of ether oxygens (including phenoxy) is 2. The molecule has 3 aromatic rings. The maximum absolute atomic E-state index is 12.1. The molecule has 0 aliphatic carbocycles. The van der Waals surface area contributed by atoms with Gasteiger partial charge in [0.05, 0.1) is 12.7 Å². The van der Waals surface area contributed by atoms with Crippen LogP contribution in [0.3, 0.4) is 0 Å². The summed E-state index contributed by atoms with van der Waals surface area (Å²) in [6, 6.07) is 13.4. The highest BCUT2D eigenvalue weighted by Crippen LogP contribution is 2.33. The van der Waals surface area contributed by atoms with Crippen molar-refractivity contribution in [1.82, 2.24) is 10.2 Å². The molecule has 0 bridgehead atoms. The number of hydrogen-bond acceptors (Lipinski definition) is 6. The SMILES string of the molecule is COc1ccccc1-c1nnc(NC(=O)COc2cc(C)cc(C)c2)s1. The summed E-state index contributed by atoms with van der Waals surface area (Å²) in [7, 11) is 1.60. The van der Waals surface area contributed by atoms with Crippen molar-refractivity contribution in [3.05, 3.63) is 53.6 Å². The summed E-state index contributed by atoms with van der Waals surface area (Å²) in [5.74, 6) is 1.09. The van der Waals surface area contributed by atoms with Crippen LogP contribution in [-0.2, 0) is 4.79 Å². The molecule has 0 unspecified atom stereocenters. The molecule has 0 atom stereocenters. The van der Waals surface area contributed by atoms with Crippen LogP contribution in [0.1, 0.15) is 11.1 Å². The smallest absolute Gasteiger partial charge is 0.264 e. The number of rotatable bonds is 6. The van der Waals surface area contributed by atoms with Crippen LogP contribution < -0.4 is 14.8 Å². The van der Waals surface area contributed by atoms with Gasteiger partial charge in [-0.05, 0) is 49.2 Å². The summed E-state index contributed by atoms with van der Waals surface area (Å²) in [4.78, 5) is 12.1. The standard InChI is InChI=1S/C19H19N3O3S/c1-12-8-13(2)10-14(9-12)25-11-17(23)20-19-22-21-18(26-19)15-6-4-5-7-16(15)24-3/h4-10H,11H2,1-3H3,(H,20,22,23). The maximum atomic E-state index is 12.1. The third kappa shape index (κ3) is 4.37. The molecule has 0 saturated carbocycles. The van der Waals surface area contributed by atoms with Crippen LogP contribution in [0, 0.1) is 13.8 Å². The first kappa shape index (κ1) is 17.9. The van der Waals surface area contributed by atoms with Crippen molar-refractivity contribution >= 4 is 22.4 Å². The molecule has 1 aromatic heterocycles. The number of amides is 1. The minimum Gasteiger partial charge on any atom is -0.496 e. The van der Waals surface area contributed by atoms with Gasteiger partial charge in [-0.3, -0.25) is 10.1 Å². The maximum Gasteiger partial charge on any atom is 0.264 e. The Morgan fingerprint density at radius 2 is 1.85 bits per heavy atom. The second-order valence-electron chi connectivity index (χ2n) is 5.77. The van der Waals surface area contributed by atoms with Gasteiger partial charge in [-0.25, -0.2) is 0 Å². The number of methoxy groups -OCH3 is 1. The molecule has 1 amide bonds. The summed E-state index contributed by atoms with van der Waals surface area (Å²) in [6.07, 6.45) is 0. The van der Waals surface area contributed by atoms with Crippen molar-refractivity contribution in [3.63, 3.8) is 0 Å². The molecule has 0 aliphatic heterocycles. The fraction of sp³-hybridized carbons (Fsp3) is 0.211. The molecule has 0 saturated heterocycles. The Morgan fingerprint density at radius 3 is 2.58 bits per heavy atom. The average Bonchev–Trinajstić information content (AvgIpc) is 3.07. The van der Waals surface area contributed by atoms with Crippen LogP contribution in [0.4, 0.5) is 5.13 Å². The van der Waals surface area contributed by atoms with Crippen molar-refractivity contribution in [3.8, 4) is 22.1 Å². The Hall–Kier alpha value is -2.93. The zero-order valence-electron chi connectivity index (χ0n) is 14.8. The van der Waals surface area contributed by atoms with Gasteiger partial charge in [0.2, 0.25) is 5.13 Å². The Bertz CT molecular complexity index is 904. The lowest BCUT2D eigenvalue weighted by Gasteiger charge is -2.07. The van der Waals surface area contributed by atoms with Crippen LogP contribution >= 0.6 is 11.3 Å². The monoisotopic (exact) mass is 369 g/mol. The van der Waals surface area contributed by atoms with Gasteiger partial charge >= 0.3 is 0 Å². The summed E-state index contributed by atoms with van der Waals surface area (Å²) in [6.45, 7) is 3.88. The zero-order valence-corrected chi connectivity index (χ0v) is 15.6. The number of carbonyl (C=O) groups is 1. The van der Waals surface area contributed by atoms with Gasteiger partial charge in [-0.15, -0.1) is 10.2 Å². The van der Waals surface area contributed by atoms with Gasteiger partial charge in [0.1, 0.15) is 11.5 Å². The molecule has 0 aliphatic rings. The number of hydrogen-bond donors (Lipinski definition) is 1. The van der Waals surface area contributed by atoms with Gasteiger partial charge in [-0.1, -0.05) is 29.5 Å². The second kappa shape index (κ2) is 7.97. The van der Waals surface area contributed by atoms with Crippen LogP contribution in [0.2, 0.25) is 0 Å². The number of carbonyl (C=O) groups excluding carboxylic acids is 1. The summed E-state index contributed by atoms with van der Waals surface area (Å²) in [5.41, 5.74) is 3.01. The molecular weight excluding hydrogens is 350 g/mol. The molecule has 0 fully saturated rings. The van der Waals surface area contributed by atoms with E-state index in [1.54, 1.807) is 7.11 Å². The van der Waals surface area contributed by atoms with Crippen LogP contribution in [0.25, 0.3) is 10.6 Å². The number of aryl methyl sites for hydroxylation is 2. The largest absolute Gasteiger partial charge is 0.496 e. The lowest BCUT2D eigenvalue weighted by molar-refractivity contribution is -0.118. The molecule has 0 radical (unpaired) electrons. The minimum absolute atomic E-state index is 0.0908. The predicted octanol–water partition coefficient (Wildman–Crippen LogP) is 3.85. The number of anilines is 1. The highest BCUT2D eigenvalue weighted by atomic mass is 32.1. The lowest BCUT2D eigenvalue weighted by Crippen LogP contribution is -2.20. The van der Waals surface area contributed by atoms with Crippen molar-refractivity contribution in [2.45, 2.75) is 13.8 Å². The first-order valence-electron chi connectivity index (χ1n) is 8.03.